The molecule has 2 unspecified atom stereocenters. The van der Waals surface area contributed by atoms with Crippen LogP contribution in [0.1, 0.15) is 52.0 Å². The van der Waals surface area contributed by atoms with Gasteiger partial charge in [-0.1, -0.05) is 31.3 Å². The van der Waals surface area contributed by atoms with Gasteiger partial charge in [0.25, 0.3) is 6.43 Å². The fourth-order valence-corrected chi connectivity index (χ4v) is 7.63. The van der Waals surface area contributed by atoms with E-state index >= 15 is 0 Å². The van der Waals surface area contributed by atoms with Gasteiger partial charge in [0, 0.05) is 36.5 Å². The van der Waals surface area contributed by atoms with Crippen LogP contribution in [0.2, 0.25) is 0 Å². The molecular weight excluding hydrogens is 600 g/mol. The second-order valence-electron chi connectivity index (χ2n) is 11.4. The van der Waals surface area contributed by atoms with E-state index < -0.39 is 27.0 Å². The standard InChI is InChI=1S/C27H29F2N9O3S2/c1-14(2)25(39)37-11-15(3)36(10-16(37)4)22-20-18-6-5-17(43(40,41)35-27(12-30)7-8-27)9-19(18)38(23(20)32-13-31-22)26-34-33-24(42-26)21(28)29/h5-6,9,13-16,21,35H,7-8,10-11H2,1-4H3. The van der Waals surface area contributed by atoms with Crippen molar-refractivity contribution in [1.29, 1.82) is 5.26 Å². The molecule has 2 atom stereocenters. The Kier molecular flexibility index (Phi) is 7.09. The third-order valence-corrected chi connectivity index (χ3v) is 10.4. The molecule has 4 heterocycles. The van der Waals surface area contributed by atoms with Crippen molar-refractivity contribution >= 4 is 55.0 Å². The second-order valence-corrected chi connectivity index (χ2v) is 14.1. The van der Waals surface area contributed by atoms with Gasteiger partial charge in [-0.25, -0.2) is 27.2 Å². The first-order valence-corrected chi connectivity index (χ1v) is 16.1. The first-order chi connectivity index (χ1) is 20.4. The number of hydrogen-bond acceptors (Lipinski definition) is 10. The molecule has 1 aromatic carbocycles. The van der Waals surface area contributed by atoms with Gasteiger partial charge in [0.2, 0.25) is 21.1 Å². The summed E-state index contributed by atoms with van der Waals surface area (Å²) in [5.41, 5.74) is -0.431. The van der Waals surface area contributed by atoms with Crippen molar-refractivity contribution in [3.8, 4) is 11.2 Å². The zero-order valence-corrected chi connectivity index (χ0v) is 25.5. The summed E-state index contributed by atoms with van der Waals surface area (Å²) >= 11 is 0.678. The maximum Gasteiger partial charge on any atom is 0.291 e. The molecule has 2 fully saturated rings. The summed E-state index contributed by atoms with van der Waals surface area (Å²) in [7, 11) is -4.09. The average molecular weight is 630 g/mol. The van der Waals surface area contributed by atoms with E-state index in [-0.39, 0.29) is 33.9 Å². The number of hydrogen-bond donors (Lipinski definition) is 1. The lowest BCUT2D eigenvalue weighted by molar-refractivity contribution is -0.137. The van der Waals surface area contributed by atoms with E-state index in [2.05, 4.69) is 29.8 Å². The summed E-state index contributed by atoms with van der Waals surface area (Å²) in [5.74, 6) is 0.498. The maximum atomic E-state index is 13.5. The number of carbonyl (C=O) groups is 1. The lowest BCUT2D eigenvalue weighted by Gasteiger charge is -2.45. The van der Waals surface area contributed by atoms with E-state index in [0.29, 0.717) is 65.0 Å². The Morgan fingerprint density at radius 2 is 1.91 bits per heavy atom. The highest BCUT2D eigenvalue weighted by Crippen LogP contribution is 2.40. The molecule has 43 heavy (non-hydrogen) atoms. The van der Waals surface area contributed by atoms with Gasteiger partial charge in [-0.3, -0.25) is 9.36 Å². The number of rotatable bonds is 7. The summed E-state index contributed by atoms with van der Waals surface area (Å²) in [6, 6.07) is 6.28. The zero-order chi connectivity index (χ0) is 30.8. The third-order valence-electron chi connectivity index (χ3n) is 7.95. The smallest absolute Gasteiger partial charge is 0.291 e. The number of halogens is 2. The van der Waals surface area contributed by atoms with Gasteiger partial charge in [-0.15, -0.1) is 10.2 Å². The predicted octanol–water partition coefficient (Wildman–Crippen LogP) is 3.78. The van der Waals surface area contributed by atoms with Gasteiger partial charge >= 0.3 is 0 Å². The number of amides is 1. The van der Waals surface area contributed by atoms with E-state index in [1.807, 2.05) is 38.7 Å². The predicted molar refractivity (Wildman–Crippen MR) is 156 cm³/mol. The van der Waals surface area contributed by atoms with Gasteiger partial charge in [0.05, 0.1) is 21.9 Å². The summed E-state index contributed by atoms with van der Waals surface area (Å²) in [6.45, 7) is 8.68. The summed E-state index contributed by atoms with van der Waals surface area (Å²) in [5, 5.41) is 17.9. The molecule has 1 aliphatic carbocycles. The molecule has 0 bridgehead atoms. The Labute approximate surface area is 250 Å². The van der Waals surface area contributed by atoms with Gasteiger partial charge in [-0.2, -0.15) is 9.98 Å². The lowest BCUT2D eigenvalue weighted by atomic mass is 10.0. The molecule has 2 aliphatic rings. The SMILES string of the molecule is CC(C)C(=O)N1CC(C)N(c2ncnc3c2c2ccc(S(=O)(=O)NC4(C#N)CC4)cc2n3-c2nnc(C(F)F)s2)CC1C. The summed E-state index contributed by atoms with van der Waals surface area (Å²) < 4.78 is 57.7. The molecule has 4 aromatic rings. The van der Waals surface area contributed by atoms with Gasteiger partial charge < -0.3 is 9.80 Å². The summed E-state index contributed by atoms with van der Waals surface area (Å²) in [6.07, 6.45) is -0.637. The van der Waals surface area contributed by atoms with Gasteiger partial charge in [0.15, 0.2) is 10.7 Å². The van der Waals surface area contributed by atoms with Crippen LogP contribution in [-0.4, -0.2) is 74.7 Å². The first kappa shape index (κ1) is 29.3. The van der Waals surface area contributed by atoms with Crippen LogP contribution in [0.25, 0.3) is 27.1 Å². The molecule has 12 nitrogen and oxygen atoms in total. The molecule has 16 heteroatoms. The highest BCUT2D eigenvalue weighted by Gasteiger charge is 2.47. The number of benzene rings is 1. The van der Waals surface area contributed by atoms with Crippen LogP contribution >= 0.6 is 11.3 Å². The molecular formula is C27H29F2N9O3S2. The second kappa shape index (κ2) is 10.4. The normalized spacial score (nSPS) is 20.3. The fraction of sp³-hybridized carbons (Fsp3) is 0.481. The number of alkyl halides is 2. The quantitative estimate of drug-likeness (QED) is 0.322. The van der Waals surface area contributed by atoms with E-state index in [4.69, 9.17) is 0 Å². The van der Waals surface area contributed by atoms with Crippen LogP contribution in [0, 0.1) is 17.2 Å². The van der Waals surface area contributed by atoms with Crippen molar-refractivity contribution in [3.63, 3.8) is 0 Å². The number of anilines is 1. The number of piperazine rings is 1. The Morgan fingerprint density at radius 1 is 1.16 bits per heavy atom. The number of nitrogens with one attached hydrogen (secondary N) is 1. The molecule has 1 saturated carbocycles. The fourth-order valence-electron chi connectivity index (χ4n) is 5.52. The van der Waals surface area contributed by atoms with Gasteiger partial charge in [0.1, 0.15) is 17.7 Å². The van der Waals surface area contributed by atoms with Crippen molar-refractivity contribution in [3.05, 3.63) is 29.5 Å². The molecule has 3 aromatic heterocycles. The topological polar surface area (TPSA) is 150 Å². The number of carbonyl (C=O) groups excluding carboxylic acids is 1. The lowest BCUT2D eigenvalue weighted by Crippen LogP contribution is -2.59. The molecule has 1 amide bonds. The molecule has 0 spiro atoms. The van der Waals surface area contributed by atoms with Crippen LogP contribution < -0.4 is 9.62 Å². The van der Waals surface area contributed by atoms with Crippen molar-refractivity contribution in [2.24, 2.45) is 5.92 Å². The minimum atomic E-state index is -4.09. The van der Waals surface area contributed by atoms with Crippen molar-refractivity contribution < 1.29 is 22.0 Å². The monoisotopic (exact) mass is 629 g/mol. The highest BCUT2D eigenvalue weighted by atomic mass is 32.2. The number of nitriles is 1. The third kappa shape index (κ3) is 4.98. The van der Waals surface area contributed by atoms with E-state index in [0.717, 1.165) is 0 Å². The maximum absolute atomic E-state index is 13.5. The number of nitrogens with zero attached hydrogens (tertiary/aromatic N) is 8. The van der Waals surface area contributed by atoms with Crippen molar-refractivity contribution in [2.45, 2.75) is 69.5 Å². The van der Waals surface area contributed by atoms with E-state index in [9.17, 15) is 27.3 Å². The molecule has 0 radical (unpaired) electrons. The molecule has 226 valence electrons. The number of aromatic nitrogens is 5. The minimum Gasteiger partial charge on any atom is -0.349 e. The van der Waals surface area contributed by atoms with Crippen LogP contribution in [0.15, 0.2) is 29.4 Å². The van der Waals surface area contributed by atoms with Crippen LogP contribution in [0.4, 0.5) is 14.6 Å². The number of sulfonamides is 1. The van der Waals surface area contributed by atoms with E-state index in [1.165, 1.54) is 23.0 Å². The average Bonchev–Trinajstić information content (AvgIpc) is 3.41. The van der Waals surface area contributed by atoms with Gasteiger partial charge in [-0.05, 0) is 38.8 Å². The minimum absolute atomic E-state index is 0.0706. The van der Waals surface area contributed by atoms with Crippen LogP contribution in [-0.2, 0) is 14.8 Å². The van der Waals surface area contributed by atoms with Crippen molar-refractivity contribution in [1.82, 2.24) is 34.4 Å². The van der Waals surface area contributed by atoms with Crippen LogP contribution in [0.3, 0.4) is 0 Å². The molecule has 1 aliphatic heterocycles. The molecule has 1 saturated heterocycles. The summed E-state index contributed by atoms with van der Waals surface area (Å²) in [4.78, 5) is 25.8. The van der Waals surface area contributed by atoms with Crippen LogP contribution in [0.5, 0.6) is 0 Å². The Morgan fingerprint density at radius 3 is 2.53 bits per heavy atom. The highest BCUT2D eigenvalue weighted by molar-refractivity contribution is 7.89. The van der Waals surface area contributed by atoms with Crippen molar-refractivity contribution in [2.75, 3.05) is 18.0 Å². The largest absolute Gasteiger partial charge is 0.349 e. The Bertz CT molecular complexity index is 1900. The molecule has 1 N–H and O–H groups in total. The van der Waals surface area contributed by atoms with E-state index in [1.54, 1.807) is 6.07 Å². The Balaban J connectivity index is 1.53. The molecule has 6 rings (SSSR count). The first-order valence-electron chi connectivity index (χ1n) is 13.8. The zero-order valence-electron chi connectivity index (χ0n) is 23.8. The number of fused-ring (bicyclic) bond motifs is 3. The Hall–Kier alpha value is -3.81.